The summed E-state index contributed by atoms with van der Waals surface area (Å²) in [5, 5.41) is 7.62. The molecule has 0 bridgehead atoms. The second-order valence-corrected chi connectivity index (χ2v) is 5.62. The van der Waals surface area contributed by atoms with E-state index in [2.05, 4.69) is 10.4 Å². The van der Waals surface area contributed by atoms with Crippen LogP contribution in [0.1, 0.15) is 35.9 Å². The first kappa shape index (κ1) is 15.9. The molecule has 0 saturated carbocycles. The molecule has 5 nitrogen and oxygen atoms in total. The van der Waals surface area contributed by atoms with Crippen LogP contribution in [0.4, 0.5) is 0 Å². The Morgan fingerprint density at radius 2 is 1.79 bits per heavy atom. The van der Waals surface area contributed by atoms with Gasteiger partial charge in [0.05, 0.1) is 11.6 Å². The lowest BCUT2D eigenvalue weighted by Crippen LogP contribution is -2.33. The number of fused-ring (bicyclic) bond motifs is 1. The van der Waals surface area contributed by atoms with E-state index in [9.17, 15) is 9.59 Å². The fourth-order valence-corrected chi connectivity index (χ4v) is 2.72. The van der Waals surface area contributed by atoms with Gasteiger partial charge < -0.3 is 5.32 Å². The number of rotatable bonds is 4. The summed E-state index contributed by atoms with van der Waals surface area (Å²) in [6.45, 7) is 4.39. The number of aryl methyl sites for hydroxylation is 1. The molecule has 0 radical (unpaired) electrons. The molecule has 0 spiro atoms. The molecule has 1 unspecified atom stereocenters. The normalized spacial score (nSPS) is 12.1. The average Bonchev–Trinajstić information content (AvgIpc) is 2.63. The Kier molecular flexibility index (Phi) is 4.42. The van der Waals surface area contributed by atoms with Gasteiger partial charge in [-0.1, -0.05) is 42.5 Å². The summed E-state index contributed by atoms with van der Waals surface area (Å²) in [6, 6.07) is 16.6. The minimum Gasteiger partial charge on any atom is -0.344 e. The van der Waals surface area contributed by atoms with Crippen LogP contribution in [-0.4, -0.2) is 15.7 Å². The van der Waals surface area contributed by atoms with Crippen molar-refractivity contribution < 1.29 is 4.79 Å². The zero-order chi connectivity index (χ0) is 17.1. The van der Waals surface area contributed by atoms with E-state index in [1.807, 2.05) is 56.3 Å². The number of hydrogen-bond donors (Lipinski definition) is 1. The summed E-state index contributed by atoms with van der Waals surface area (Å²) in [7, 11) is 0. The van der Waals surface area contributed by atoms with E-state index < -0.39 is 5.91 Å². The lowest BCUT2D eigenvalue weighted by molar-refractivity contribution is 0.0931. The Bertz CT molecular complexity index is 932. The summed E-state index contributed by atoms with van der Waals surface area (Å²) >= 11 is 0. The predicted octanol–water partition coefficient (Wildman–Crippen LogP) is 2.91. The van der Waals surface area contributed by atoms with Gasteiger partial charge in [0, 0.05) is 11.9 Å². The molecule has 0 aliphatic rings. The van der Waals surface area contributed by atoms with Gasteiger partial charge in [-0.25, -0.2) is 0 Å². The molecule has 3 rings (SSSR count). The molecule has 1 atom stereocenters. The number of benzene rings is 2. The molecule has 24 heavy (non-hydrogen) atoms. The predicted molar refractivity (Wildman–Crippen MR) is 94.0 cm³/mol. The highest BCUT2D eigenvalue weighted by molar-refractivity contribution is 5.95. The standard InChI is InChI=1S/C19H19N3O2/c1-3-22-16-12-8-7-11-15(16)18(23)17(21-22)19(24)20-13(2)14-9-5-4-6-10-14/h4-13H,3H2,1-2H3,(H,20,24). The quantitative estimate of drug-likeness (QED) is 0.803. The van der Waals surface area contributed by atoms with E-state index in [4.69, 9.17) is 0 Å². The smallest absolute Gasteiger partial charge is 0.276 e. The van der Waals surface area contributed by atoms with Crippen molar-refractivity contribution in [2.24, 2.45) is 0 Å². The van der Waals surface area contributed by atoms with Crippen molar-refractivity contribution in [2.75, 3.05) is 0 Å². The van der Waals surface area contributed by atoms with Crippen molar-refractivity contribution in [1.82, 2.24) is 15.1 Å². The van der Waals surface area contributed by atoms with Crippen LogP contribution in [0.25, 0.3) is 10.9 Å². The maximum absolute atomic E-state index is 12.6. The number of nitrogens with one attached hydrogen (secondary N) is 1. The number of para-hydroxylation sites is 1. The summed E-state index contributed by atoms with van der Waals surface area (Å²) in [6.07, 6.45) is 0. The van der Waals surface area contributed by atoms with Crippen molar-refractivity contribution in [1.29, 1.82) is 0 Å². The Hall–Kier alpha value is -2.95. The van der Waals surface area contributed by atoms with Gasteiger partial charge in [-0.05, 0) is 31.5 Å². The zero-order valence-electron chi connectivity index (χ0n) is 13.7. The van der Waals surface area contributed by atoms with E-state index in [1.165, 1.54) is 0 Å². The highest BCUT2D eigenvalue weighted by Crippen LogP contribution is 2.13. The minimum absolute atomic E-state index is 0.0710. The fourth-order valence-electron chi connectivity index (χ4n) is 2.72. The molecule has 122 valence electrons. The van der Waals surface area contributed by atoms with Crippen LogP contribution >= 0.6 is 0 Å². The van der Waals surface area contributed by atoms with Gasteiger partial charge in [0.15, 0.2) is 5.69 Å². The molecule has 3 aromatic rings. The number of carbonyl (C=O) groups excluding carboxylic acids is 1. The van der Waals surface area contributed by atoms with E-state index in [0.717, 1.165) is 11.1 Å². The topological polar surface area (TPSA) is 64.0 Å². The Balaban J connectivity index is 1.98. The SMILES string of the molecule is CCn1nc(C(=O)NC(C)c2ccccc2)c(=O)c2ccccc21. The molecule has 0 aliphatic heterocycles. The zero-order valence-corrected chi connectivity index (χ0v) is 13.7. The third-order valence-electron chi connectivity index (χ3n) is 4.02. The summed E-state index contributed by atoms with van der Waals surface area (Å²) in [4.78, 5) is 25.2. The lowest BCUT2D eigenvalue weighted by atomic mass is 10.1. The maximum Gasteiger partial charge on any atom is 0.276 e. The Morgan fingerprint density at radius 3 is 2.50 bits per heavy atom. The Morgan fingerprint density at radius 1 is 1.12 bits per heavy atom. The van der Waals surface area contributed by atoms with Crippen LogP contribution in [0.2, 0.25) is 0 Å². The summed E-state index contributed by atoms with van der Waals surface area (Å²) in [5.41, 5.74) is 1.30. The number of amides is 1. The lowest BCUT2D eigenvalue weighted by Gasteiger charge is -2.15. The van der Waals surface area contributed by atoms with Gasteiger partial charge >= 0.3 is 0 Å². The van der Waals surface area contributed by atoms with Crippen LogP contribution in [0.5, 0.6) is 0 Å². The molecule has 5 heteroatoms. The van der Waals surface area contributed by atoms with Crippen LogP contribution in [0, 0.1) is 0 Å². The molecule has 1 N–H and O–H groups in total. The van der Waals surface area contributed by atoms with Crippen molar-refractivity contribution in [3.63, 3.8) is 0 Å². The van der Waals surface area contributed by atoms with Crippen molar-refractivity contribution in [3.8, 4) is 0 Å². The molecular weight excluding hydrogens is 302 g/mol. The van der Waals surface area contributed by atoms with Crippen molar-refractivity contribution in [3.05, 3.63) is 76.1 Å². The summed E-state index contributed by atoms with van der Waals surface area (Å²) in [5.74, 6) is -0.454. The van der Waals surface area contributed by atoms with Crippen LogP contribution in [-0.2, 0) is 6.54 Å². The van der Waals surface area contributed by atoms with Gasteiger partial charge in [-0.15, -0.1) is 0 Å². The van der Waals surface area contributed by atoms with E-state index in [0.29, 0.717) is 11.9 Å². The van der Waals surface area contributed by atoms with Gasteiger partial charge in [0.1, 0.15) is 0 Å². The monoisotopic (exact) mass is 321 g/mol. The second-order valence-electron chi connectivity index (χ2n) is 5.62. The van der Waals surface area contributed by atoms with Crippen LogP contribution < -0.4 is 10.7 Å². The van der Waals surface area contributed by atoms with Crippen LogP contribution in [0.15, 0.2) is 59.4 Å². The van der Waals surface area contributed by atoms with Crippen molar-refractivity contribution >= 4 is 16.8 Å². The second kappa shape index (κ2) is 6.66. The number of hydrogen-bond acceptors (Lipinski definition) is 3. The number of carbonyl (C=O) groups is 1. The van der Waals surface area contributed by atoms with E-state index in [-0.39, 0.29) is 17.2 Å². The molecule has 2 aromatic carbocycles. The highest BCUT2D eigenvalue weighted by Gasteiger charge is 2.19. The fraction of sp³-hybridized carbons (Fsp3) is 0.211. The highest BCUT2D eigenvalue weighted by atomic mass is 16.2. The molecule has 0 saturated heterocycles. The van der Waals surface area contributed by atoms with Crippen LogP contribution in [0.3, 0.4) is 0 Å². The van der Waals surface area contributed by atoms with E-state index in [1.54, 1.807) is 16.8 Å². The molecular formula is C19H19N3O2. The molecule has 1 heterocycles. The molecule has 1 aromatic heterocycles. The van der Waals surface area contributed by atoms with Crippen molar-refractivity contribution in [2.45, 2.75) is 26.4 Å². The number of nitrogens with zero attached hydrogens (tertiary/aromatic N) is 2. The van der Waals surface area contributed by atoms with Gasteiger partial charge in [-0.2, -0.15) is 5.10 Å². The van der Waals surface area contributed by atoms with Gasteiger partial charge in [-0.3, -0.25) is 14.3 Å². The first-order chi connectivity index (χ1) is 11.6. The van der Waals surface area contributed by atoms with E-state index >= 15 is 0 Å². The molecule has 0 fully saturated rings. The first-order valence-electron chi connectivity index (χ1n) is 7.97. The Labute approximate surface area is 139 Å². The maximum atomic E-state index is 12.6. The third kappa shape index (κ3) is 2.93. The number of aromatic nitrogens is 2. The molecule has 1 amide bonds. The largest absolute Gasteiger partial charge is 0.344 e. The van der Waals surface area contributed by atoms with Gasteiger partial charge in [0.25, 0.3) is 5.91 Å². The first-order valence-corrected chi connectivity index (χ1v) is 7.97. The minimum atomic E-state index is -0.454. The summed E-state index contributed by atoms with van der Waals surface area (Å²) < 4.78 is 1.68. The van der Waals surface area contributed by atoms with Gasteiger partial charge in [0.2, 0.25) is 5.43 Å². The third-order valence-corrected chi connectivity index (χ3v) is 4.02. The average molecular weight is 321 g/mol. The molecule has 0 aliphatic carbocycles.